The van der Waals surface area contributed by atoms with Crippen molar-refractivity contribution in [1.29, 1.82) is 0 Å². The molecule has 1 aromatic rings. The Kier molecular flexibility index (Phi) is 4.90. The number of amides is 1. The molecule has 1 amide bonds. The molecule has 17 heavy (non-hydrogen) atoms. The summed E-state index contributed by atoms with van der Waals surface area (Å²) < 4.78 is 5.31. The molecule has 0 aliphatic rings. The Labute approximate surface area is 101 Å². The second kappa shape index (κ2) is 6.20. The third-order valence-corrected chi connectivity index (χ3v) is 2.42. The number of hydrogen-bond donors (Lipinski definition) is 2. The van der Waals surface area contributed by atoms with Crippen LogP contribution in [-0.4, -0.2) is 23.5 Å². The molecule has 4 N–H and O–H groups in total. The highest BCUT2D eigenvalue weighted by molar-refractivity contribution is 5.75. The summed E-state index contributed by atoms with van der Waals surface area (Å²) in [4.78, 5) is 15.1. The third kappa shape index (κ3) is 4.40. The van der Waals surface area contributed by atoms with E-state index < -0.39 is 5.91 Å². The molecule has 1 heterocycles. The van der Waals surface area contributed by atoms with Crippen LogP contribution in [0.1, 0.15) is 24.7 Å². The minimum Gasteiger partial charge on any atom is -0.482 e. The van der Waals surface area contributed by atoms with Crippen LogP contribution in [-0.2, 0) is 11.2 Å². The maximum Gasteiger partial charge on any atom is 0.255 e. The van der Waals surface area contributed by atoms with Crippen LogP contribution >= 0.6 is 0 Å². The standard InChI is InChI=1S/C12H19N3O2/c1-3-9(13)6-10-11(17-7-12(14)16)5-4-8(2)15-10/h4-5,9H,3,6-7,13H2,1-2H3,(H2,14,16). The molecule has 1 atom stereocenters. The first-order chi connectivity index (χ1) is 8.02. The Morgan fingerprint density at radius 2 is 2.24 bits per heavy atom. The van der Waals surface area contributed by atoms with E-state index >= 15 is 0 Å². The first kappa shape index (κ1) is 13.4. The molecule has 1 aromatic heterocycles. The normalized spacial score (nSPS) is 12.2. The van der Waals surface area contributed by atoms with Crippen LogP contribution in [0.25, 0.3) is 0 Å². The molecule has 0 aliphatic heterocycles. The van der Waals surface area contributed by atoms with Crippen molar-refractivity contribution < 1.29 is 9.53 Å². The number of pyridine rings is 1. The Morgan fingerprint density at radius 3 is 2.82 bits per heavy atom. The van der Waals surface area contributed by atoms with Crippen molar-refractivity contribution >= 4 is 5.91 Å². The Morgan fingerprint density at radius 1 is 1.53 bits per heavy atom. The summed E-state index contributed by atoms with van der Waals surface area (Å²) in [6.45, 7) is 3.78. The molecule has 1 rings (SSSR count). The van der Waals surface area contributed by atoms with Gasteiger partial charge in [-0.1, -0.05) is 6.92 Å². The van der Waals surface area contributed by atoms with Gasteiger partial charge in [0.1, 0.15) is 5.75 Å². The lowest BCUT2D eigenvalue weighted by molar-refractivity contribution is -0.119. The second-order valence-electron chi connectivity index (χ2n) is 4.02. The highest BCUT2D eigenvalue weighted by Crippen LogP contribution is 2.18. The van der Waals surface area contributed by atoms with Gasteiger partial charge in [-0.05, 0) is 25.5 Å². The SMILES string of the molecule is CCC(N)Cc1nc(C)ccc1OCC(N)=O. The van der Waals surface area contributed by atoms with E-state index in [1.54, 1.807) is 6.07 Å². The average molecular weight is 237 g/mol. The van der Waals surface area contributed by atoms with Crippen LogP contribution in [0.5, 0.6) is 5.75 Å². The number of ether oxygens (including phenoxy) is 1. The van der Waals surface area contributed by atoms with Gasteiger partial charge >= 0.3 is 0 Å². The van der Waals surface area contributed by atoms with Crippen molar-refractivity contribution in [2.75, 3.05) is 6.61 Å². The molecular formula is C12H19N3O2. The van der Waals surface area contributed by atoms with Crippen molar-refractivity contribution in [1.82, 2.24) is 4.98 Å². The van der Waals surface area contributed by atoms with Gasteiger partial charge in [0.15, 0.2) is 6.61 Å². The summed E-state index contributed by atoms with van der Waals surface area (Å²) in [6, 6.07) is 3.67. The number of aromatic nitrogens is 1. The van der Waals surface area contributed by atoms with E-state index in [9.17, 15) is 4.79 Å². The molecule has 5 heteroatoms. The Bertz CT molecular complexity index is 393. The lowest BCUT2D eigenvalue weighted by Crippen LogP contribution is -2.24. The fourth-order valence-electron chi connectivity index (χ4n) is 1.42. The van der Waals surface area contributed by atoms with Gasteiger partial charge in [0.05, 0.1) is 5.69 Å². The highest BCUT2D eigenvalue weighted by Gasteiger charge is 2.10. The van der Waals surface area contributed by atoms with Crippen LogP contribution in [0.15, 0.2) is 12.1 Å². The van der Waals surface area contributed by atoms with E-state index in [1.165, 1.54) is 0 Å². The minimum atomic E-state index is -0.503. The maximum atomic E-state index is 10.7. The van der Waals surface area contributed by atoms with E-state index in [0.717, 1.165) is 17.8 Å². The van der Waals surface area contributed by atoms with Gasteiger partial charge in [0.2, 0.25) is 0 Å². The van der Waals surface area contributed by atoms with Crippen molar-refractivity contribution in [3.05, 3.63) is 23.5 Å². The Hall–Kier alpha value is -1.62. The molecule has 0 bridgehead atoms. The molecule has 1 unspecified atom stereocenters. The van der Waals surface area contributed by atoms with E-state index in [0.29, 0.717) is 12.2 Å². The van der Waals surface area contributed by atoms with Crippen molar-refractivity contribution in [2.24, 2.45) is 11.5 Å². The lowest BCUT2D eigenvalue weighted by atomic mass is 10.1. The number of aryl methyl sites for hydroxylation is 1. The molecule has 5 nitrogen and oxygen atoms in total. The van der Waals surface area contributed by atoms with Crippen LogP contribution in [0.2, 0.25) is 0 Å². The van der Waals surface area contributed by atoms with Crippen LogP contribution in [0.3, 0.4) is 0 Å². The predicted molar refractivity (Wildman–Crippen MR) is 65.6 cm³/mol. The summed E-state index contributed by atoms with van der Waals surface area (Å²) >= 11 is 0. The fraction of sp³-hybridized carbons (Fsp3) is 0.500. The summed E-state index contributed by atoms with van der Waals surface area (Å²) in [5, 5.41) is 0. The minimum absolute atomic E-state index is 0.0419. The zero-order chi connectivity index (χ0) is 12.8. The molecule has 0 aromatic carbocycles. The van der Waals surface area contributed by atoms with E-state index in [2.05, 4.69) is 4.98 Å². The van der Waals surface area contributed by atoms with Gasteiger partial charge in [-0.15, -0.1) is 0 Å². The number of carbonyl (C=O) groups excluding carboxylic acids is 1. The molecule has 0 saturated carbocycles. The van der Waals surface area contributed by atoms with Crippen LogP contribution in [0.4, 0.5) is 0 Å². The van der Waals surface area contributed by atoms with Crippen LogP contribution < -0.4 is 16.2 Å². The first-order valence-electron chi connectivity index (χ1n) is 5.66. The molecular weight excluding hydrogens is 218 g/mol. The molecule has 0 fully saturated rings. The van der Waals surface area contributed by atoms with Gasteiger partial charge in [-0.3, -0.25) is 9.78 Å². The fourth-order valence-corrected chi connectivity index (χ4v) is 1.42. The number of carbonyl (C=O) groups is 1. The molecule has 0 spiro atoms. The third-order valence-electron chi connectivity index (χ3n) is 2.42. The average Bonchev–Trinajstić information content (AvgIpc) is 2.27. The Balaban J connectivity index is 2.83. The smallest absolute Gasteiger partial charge is 0.255 e. The zero-order valence-electron chi connectivity index (χ0n) is 10.3. The van der Waals surface area contributed by atoms with Crippen molar-refractivity contribution in [2.45, 2.75) is 32.7 Å². The molecule has 94 valence electrons. The lowest BCUT2D eigenvalue weighted by Gasteiger charge is -2.13. The quantitative estimate of drug-likeness (QED) is 0.755. The van der Waals surface area contributed by atoms with Gasteiger partial charge in [0.25, 0.3) is 5.91 Å². The molecule has 0 radical (unpaired) electrons. The van der Waals surface area contributed by atoms with Gasteiger partial charge < -0.3 is 16.2 Å². The van der Waals surface area contributed by atoms with E-state index in [-0.39, 0.29) is 12.6 Å². The molecule has 0 saturated heterocycles. The van der Waals surface area contributed by atoms with Crippen molar-refractivity contribution in [3.63, 3.8) is 0 Å². The second-order valence-corrected chi connectivity index (χ2v) is 4.02. The van der Waals surface area contributed by atoms with E-state index in [1.807, 2.05) is 19.9 Å². The number of rotatable bonds is 6. The monoisotopic (exact) mass is 237 g/mol. The maximum absolute atomic E-state index is 10.7. The topological polar surface area (TPSA) is 91.2 Å². The molecule has 0 aliphatic carbocycles. The van der Waals surface area contributed by atoms with Gasteiger partial charge in [-0.2, -0.15) is 0 Å². The summed E-state index contributed by atoms with van der Waals surface area (Å²) in [5.41, 5.74) is 12.6. The zero-order valence-corrected chi connectivity index (χ0v) is 10.3. The predicted octanol–water partition coefficient (Wildman–Crippen LogP) is 0.534. The highest BCUT2D eigenvalue weighted by atomic mass is 16.5. The number of nitrogens with zero attached hydrogens (tertiary/aromatic N) is 1. The number of primary amides is 1. The number of nitrogens with two attached hydrogens (primary N) is 2. The summed E-state index contributed by atoms with van der Waals surface area (Å²) in [5.74, 6) is 0.0783. The van der Waals surface area contributed by atoms with Gasteiger partial charge in [-0.25, -0.2) is 0 Å². The van der Waals surface area contributed by atoms with E-state index in [4.69, 9.17) is 16.2 Å². The summed E-state index contributed by atoms with van der Waals surface area (Å²) in [7, 11) is 0. The van der Waals surface area contributed by atoms with Gasteiger partial charge in [0, 0.05) is 18.2 Å². The number of hydrogen-bond acceptors (Lipinski definition) is 4. The van der Waals surface area contributed by atoms with Crippen molar-refractivity contribution in [3.8, 4) is 5.75 Å². The first-order valence-corrected chi connectivity index (χ1v) is 5.66. The van der Waals surface area contributed by atoms with Crippen LogP contribution in [0, 0.1) is 6.92 Å². The summed E-state index contributed by atoms with van der Waals surface area (Å²) in [6.07, 6.45) is 1.50. The largest absolute Gasteiger partial charge is 0.482 e.